The summed E-state index contributed by atoms with van der Waals surface area (Å²) in [6.45, 7) is 6.06. The first-order chi connectivity index (χ1) is 16.0. The lowest BCUT2D eigenvalue weighted by Crippen LogP contribution is -2.25. The van der Waals surface area contributed by atoms with Crippen molar-refractivity contribution in [3.05, 3.63) is 81.9 Å². The number of furan rings is 1. The number of hydrogen-bond donors (Lipinski definition) is 1. The minimum absolute atomic E-state index is 0.0241. The van der Waals surface area contributed by atoms with Gasteiger partial charge in [0.15, 0.2) is 6.61 Å². The van der Waals surface area contributed by atoms with E-state index >= 15 is 0 Å². The number of anilines is 1. The first kappa shape index (κ1) is 21.0. The van der Waals surface area contributed by atoms with Crippen LogP contribution in [0.3, 0.4) is 0 Å². The van der Waals surface area contributed by atoms with Crippen LogP contribution in [0.4, 0.5) is 11.4 Å². The van der Waals surface area contributed by atoms with Gasteiger partial charge in [0.2, 0.25) is 4.80 Å². The Kier molecular flexibility index (Phi) is 5.43. The first-order valence-electron chi connectivity index (χ1n) is 10.5. The highest BCUT2D eigenvalue weighted by molar-refractivity contribution is 7.07. The fraction of sp³-hybridized carbons (Fsp3) is 0.160. The number of carbonyl (C=O) groups excluding carboxylic acids is 1. The molecule has 33 heavy (non-hydrogen) atoms. The van der Waals surface area contributed by atoms with E-state index in [4.69, 9.17) is 19.2 Å². The lowest BCUT2D eigenvalue weighted by molar-refractivity contribution is -0.118. The van der Waals surface area contributed by atoms with Gasteiger partial charge in [-0.25, -0.2) is 9.67 Å². The Morgan fingerprint density at radius 1 is 1.15 bits per heavy atom. The number of nitrogens with zero attached hydrogens (tertiary/aromatic N) is 3. The van der Waals surface area contributed by atoms with Crippen molar-refractivity contribution < 1.29 is 13.9 Å². The molecule has 2 aromatic carbocycles. The molecule has 5 rings (SSSR count). The summed E-state index contributed by atoms with van der Waals surface area (Å²) in [5, 5.41) is 9.73. The van der Waals surface area contributed by atoms with Gasteiger partial charge in [0, 0.05) is 10.9 Å². The highest BCUT2D eigenvalue weighted by atomic mass is 32.1. The number of carbonyl (C=O) groups is 1. The Morgan fingerprint density at radius 2 is 2.03 bits per heavy atom. The molecule has 1 N–H and O–H groups in total. The SMILES string of the molecule is CC(=Nn1c(-c2ccc3c(c2)NC(=O)CO3)csc1=Nc1cccc(C)c1C)c1ccco1. The Balaban J connectivity index is 1.69. The van der Waals surface area contributed by atoms with Gasteiger partial charge < -0.3 is 14.5 Å². The van der Waals surface area contributed by atoms with Crippen LogP contribution in [0, 0.1) is 13.8 Å². The molecule has 4 aromatic rings. The number of rotatable bonds is 4. The van der Waals surface area contributed by atoms with Gasteiger partial charge in [-0.3, -0.25) is 4.79 Å². The first-order valence-corrected chi connectivity index (χ1v) is 11.4. The monoisotopic (exact) mass is 458 g/mol. The second-order valence-electron chi connectivity index (χ2n) is 7.76. The molecule has 7 nitrogen and oxygen atoms in total. The molecule has 8 heteroatoms. The summed E-state index contributed by atoms with van der Waals surface area (Å²) in [7, 11) is 0. The van der Waals surface area contributed by atoms with E-state index in [1.165, 1.54) is 16.9 Å². The van der Waals surface area contributed by atoms with Gasteiger partial charge in [0.25, 0.3) is 5.91 Å². The van der Waals surface area contributed by atoms with Crippen LogP contribution in [0.25, 0.3) is 11.3 Å². The topological polar surface area (TPSA) is 81.1 Å². The van der Waals surface area contributed by atoms with E-state index in [1.54, 1.807) is 6.26 Å². The standard InChI is InChI=1S/C25H22N4O3S/c1-15-6-4-7-19(16(15)2)27-25-29(28-17(3)22-8-5-11-31-22)21(14-33-25)18-9-10-23-20(12-18)26-24(30)13-32-23/h4-12,14H,13H2,1-3H3,(H,26,30). The number of thiazole rings is 1. The van der Waals surface area contributed by atoms with Gasteiger partial charge in [0.1, 0.15) is 17.2 Å². The highest BCUT2D eigenvalue weighted by Gasteiger charge is 2.18. The zero-order valence-corrected chi connectivity index (χ0v) is 19.3. The number of aromatic nitrogens is 1. The largest absolute Gasteiger partial charge is 0.482 e. The molecule has 2 aromatic heterocycles. The van der Waals surface area contributed by atoms with Gasteiger partial charge in [-0.2, -0.15) is 5.10 Å². The molecule has 0 saturated carbocycles. The summed E-state index contributed by atoms with van der Waals surface area (Å²) in [5.41, 5.74) is 6.29. The van der Waals surface area contributed by atoms with Crippen LogP contribution in [0.2, 0.25) is 0 Å². The zero-order valence-electron chi connectivity index (χ0n) is 18.5. The van der Waals surface area contributed by atoms with Crippen LogP contribution in [0.15, 0.2) is 74.7 Å². The normalized spacial score (nSPS) is 14.1. The summed E-state index contributed by atoms with van der Waals surface area (Å²) in [4.78, 5) is 17.5. The Labute approximate surface area is 194 Å². The lowest BCUT2D eigenvalue weighted by Gasteiger charge is -2.18. The van der Waals surface area contributed by atoms with Gasteiger partial charge in [-0.1, -0.05) is 12.1 Å². The quantitative estimate of drug-likeness (QED) is 0.424. The van der Waals surface area contributed by atoms with Gasteiger partial charge in [-0.15, -0.1) is 11.3 Å². The second-order valence-corrected chi connectivity index (χ2v) is 8.59. The maximum atomic E-state index is 11.8. The molecule has 0 atom stereocenters. The van der Waals surface area contributed by atoms with Crippen LogP contribution in [0.5, 0.6) is 5.75 Å². The number of hydrogen-bond acceptors (Lipinski definition) is 6. The Morgan fingerprint density at radius 3 is 2.85 bits per heavy atom. The minimum Gasteiger partial charge on any atom is -0.482 e. The van der Waals surface area contributed by atoms with Crippen molar-refractivity contribution in [2.75, 3.05) is 11.9 Å². The van der Waals surface area contributed by atoms with Crippen molar-refractivity contribution >= 4 is 34.3 Å². The number of nitrogens with one attached hydrogen (secondary N) is 1. The van der Waals surface area contributed by atoms with E-state index in [9.17, 15) is 4.79 Å². The third-order valence-corrected chi connectivity index (χ3v) is 6.33. The molecule has 0 saturated heterocycles. The van der Waals surface area contributed by atoms with Crippen LogP contribution >= 0.6 is 11.3 Å². The van der Waals surface area contributed by atoms with E-state index in [-0.39, 0.29) is 12.5 Å². The van der Waals surface area contributed by atoms with Crippen molar-refractivity contribution in [1.29, 1.82) is 0 Å². The molecule has 166 valence electrons. The van der Waals surface area contributed by atoms with Crippen LogP contribution in [-0.2, 0) is 4.79 Å². The van der Waals surface area contributed by atoms with E-state index in [1.807, 2.05) is 59.4 Å². The molecule has 3 heterocycles. The summed E-state index contributed by atoms with van der Waals surface area (Å²) < 4.78 is 12.9. The number of fused-ring (bicyclic) bond motifs is 1. The number of aryl methyl sites for hydroxylation is 1. The highest BCUT2D eigenvalue weighted by Crippen LogP contribution is 2.33. The van der Waals surface area contributed by atoms with Gasteiger partial charge in [-0.05, 0) is 68.3 Å². The van der Waals surface area contributed by atoms with Gasteiger partial charge >= 0.3 is 0 Å². The van der Waals surface area contributed by atoms with Gasteiger partial charge in [0.05, 0.1) is 23.3 Å². The molecule has 0 bridgehead atoms. The van der Waals surface area contributed by atoms with E-state index in [0.717, 1.165) is 33.0 Å². The fourth-order valence-corrected chi connectivity index (χ4v) is 4.40. The Bertz CT molecular complexity index is 1440. The predicted octanol–water partition coefficient (Wildman–Crippen LogP) is 5.26. The maximum absolute atomic E-state index is 11.8. The van der Waals surface area contributed by atoms with Crippen molar-refractivity contribution in [2.45, 2.75) is 20.8 Å². The van der Waals surface area contributed by atoms with E-state index < -0.39 is 0 Å². The minimum atomic E-state index is -0.171. The summed E-state index contributed by atoms with van der Waals surface area (Å²) in [6, 6.07) is 15.5. The number of benzene rings is 2. The average Bonchev–Trinajstić information content (AvgIpc) is 3.47. The number of ether oxygens (including phenoxy) is 1. The molecule has 0 unspecified atom stereocenters. The van der Waals surface area contributed by atoms with Crippen LogP contribution in [0.1, 0.15) is 23.8 Å². The second kappa shape index (κ2) is 8.55. The molecular weight excluding hydrogens is 436 g/mol. The molecule has 1 amide bonds. The summed E-state index contributed by atoms with van der Waals surface area (Å²) in [5.74, 6) is 1.16. The molecule has 0 aliphatic carbocycles. The van der Waals surface area contributed by atoms with Crippen LogP contribution < -0.4 is 14.9 Å². The Hall–Kier alpha value is -3.91. The molecule has 0 spiro atoms. The van der Waals surface area contributed by atoms with Crippen molar-refractivity contribution in [2.24, 2.45) is 10.1 Å². The molecular formula is C25H22N4O3S. The molecule has 0 fully saturated rings. The summed E-state index contributed by atoms with van der Waals surface area (Å²) >= 11 is 1.50. The smallest absolute Gasteiger partial charge is 0.262 e. The van der Waals surface area contributed by atoms with Crippen molar-refractivity contribution in [1.82, 2.24) is 4.68 Å². The zero-order chi connectivity index (χ0) is 22.9. The van der Waals surface area contributed by atoms with E-state index in [2.05, 4.69) is 25.2 Å². The lowest BCUT2D eigenvalue weighted by atomic mass is 10.1. The average molecular weight is 459 g/mol. The number of amides is 1. The predicted molar refractivity (Wildman–Crippen MR) is 129 cm³/mol. The summed E-state index contributed by atoms with van der Waals surface area (Å²) in [6.07, 6.45) is 1.63. The molecule has 1 aliphatic rings. The third-order valence-electron chi connectivity index (χ3n) is 5.51. The van der Waals surface area contributed by atoms with E-state index in [0.29, 0.717) is 17.2 Å². The maximum Gasteiger partial charge on any atom is 0.262 e. The van der Waals surface area contributed by atoms with Crippen molar-refractivity contribution in [3.63, 3.8) is 0 Å². The van der Waals surface area contributed by atoms with Crippen molar-refractivity contribution in [3.8, 4) is 17.0 Å². The fourth-order valence-electron chi connectivity index (χ4n) is 3.56. The molecule has 0 radical (unpaired) electrons. The van der Waals surface area contributed by atoms with Crippen LogP contribution in [-0.4, -0.2) is 22.9 Å². The third kappa shape index (κ3) is 4.12. The molecule has 1 aliphatic heterocycles.